The van der Waals surface area contributed by atoms with Gasteiger partial charge in [0, 0.05) is 13.1 Å². The molecule has 0 aliphatic rings. The lowest BCUT2D eigenvalue weighted by Gasteiger charge is -2.31. The molecule has 0 aromatic heterocycles. The van der Waals surface area contributed by atoms with E-state index >= 15 is 0 Å². The van der Waals surface area contributed by atoms with Crippen LogP contribution in [-0.2, 0) is 32.8 Å². The van der Waals surface area contributed by atoms with E-state index in [1.165, 1.54) is 4.90 Å². The minimum atomic E-state index is -3.83. The molecule has 9 nitrogen and oxygen atoms in total. The van der Waals surface area contributed by atoms with Gasteiger partial charge in [0.05, 0.1) is 19.1 Å². The SMILES string of the molecule is CCCNC(=O)[C@H](C)N(Cc1cccc(OC)c1)C(=O)CN(c1ccc(OCc2ccccc2)cc1)S(C)(=O)=O. The molecule has 0 aliphatic heterocycles. The van der Waals surface area contributed by atoms with E-state index in [4.69, 9.17) is 9.47 Å². The molecule has 0 spiro atoms. The first kappa shape index (κ1) is 30.5. The number of hydrogen-bond donors (Lipinski definition) is 1. The number of ether oxygens (including phenoxy) is 2. The van der Waals surface area contributed by atoms with Crippen molar-refractivity contribution in [2.75, 3.05) is 30.8 Å². The zero-order chi connectivity index (χ0) is 29.1. The summed E-state index contributed by atoms with van der Waals surface area (Å²) in [5, 5.41) is 2.82. The van der Waals surface area contributed by atoms with Gasteiger partial charge in [0.2, 0.25) is 21.8 Å². The number of benzene rings is 3. The molecule has 3 aromatic rings. The monoisotopic (exact) mass is 567 g/mol. The maximum Gasteiger partial charge on any atom is 0.244 e. The highest BCUT2D eigenvalue weighted by atomic mass is 32.2. The van der Waals surface area contributed by atoms with E-state index in [0.717, 1.165) is 28.1 Å². The van der Waals surface area contributed by atoms with Crippen LogP contribution in [0, 0.1) is 0 Å². The Morgan fingerprint density at radius 2 is 1.60 bits per heavy atom. The van der Waals surface area contributed by atoms with Crippen molar-refractivity contribution in [3.8, 4) is 11.5 Å². The van der Waals surface area contributed by atoms with E-state index < -0.39 is 28.5 Å². The van der Waals surface area contributed by atoms with Crippen LogP contribution >= 0.6 is 0 Å². The van der Waals surface area contributed by atoms with Crippen molar-refractivity contribution in [3.63, 3.8) is 0 Å². The molecular weight excluding hydrogens is 530 g/mol. The Labute approximate surface area is 236 Å². The first-order chi connectivity index (χ1) is 19.1. The molecule has 0 aliphatic carbocycles. The number of nitrogens with one attached hydrogen (secondary N) is 1. The Balaban J connectivity index is 1.82. The van der Waals surface area contributed by atoms with E-state index in [2.05, 4.69) is 5.32 Å². The van der Waals surface area contributed by atoms with Crippen LogP contribution in [-0.4, -0.2) is 57.6 Å². The molecule has 0 fully saturated rings. The van der Waals surface area contributed by atoms with Crippen molar-refractivity contribution in [2.45, 2.75) is 39.5 Å². The maximum atomic E-state index is 13.7. The zero-order valence-electron chi connectivity index (χ0n) is 23.4. The van der Waals surface area contributed by atoms with E-state index in [1.807, 2.05) is 43.3 Å². The van der Waals surface area contributed by atoms with Gasteiger partial charge in [-0.2, -0.15) is 0 Å². The second kappa shape index (κ2) is 14.4. The summed E-state index contributed by atoms with van der Waals surface area (Å²) in [6, 6.07) is 22.5. The number of amides is 2. The topological polar surface area (TPSA) is 105 Å². The molecule has 0 heterocycles. The molecule has 40 heavy (non-hydrogen) atoms. The fourth-order valence-electron chi connectivity index (χ4n) is 4.01. The molecule has 10 heteroatoms. The lowest BCUT2D eigenvalue weighted by atomic mass is 10.1. The van der Waals surface area contributed by atoms with Gasteiger partial charge >= 0.3 is 0 Å². The fourth-order valence-corrected chi connectivity index (χ4v) is 4.86. The number of carbonyl (C=O) groups is 2. The molecule has 1 atom stereocenters. The first-order valence-corrected chi connectivity index (χ1v) is 14.9. The Morgan fingerprint density at radius 1 is 0.925 bits per heavy atom. The molecule has 0 saturated carbocycles. The minimum absolute atomic E-state index is 0.0978. The van der Waals surface area contributed by atoms with Crippen LogP contribution in [0.25, 0.3) is 0 Å². The van der Waals surface area contributed by atoms with Gasteiger partial charge in [0.15, 0.2) is 0 Å². The third kappa shape index (κ3) is 8.74. The average molecular weight is 568 g/mol. The van der Waals surface area contributed by atoms with Crippen molar-refractivity contribution in [3.05, 3.63) is 90.0 Å². The van der Waals surface area contributed by atoms with Crippen molar-refractivity contribution >= 4 is 27.5 Å². The standard InChI is InChI=1S/C30H37N3O6S/c1-5-18-31-30(35)23(2)32(20-25-12-9-13-28(19-25)38-3)29(34)21-33(40(4,36)37)26-14-16-27(17-15-26)39-22-24-10-7-6-8-11-24/h6-17,19,23H,5,18,20-22H2,1-4H3,(H,31,35)/t23-/m0/s1. The third-order valence-corrected chi connectivity index (χ3v) is 7.40. The van der Waals surface area contributed by atoms with Gasteiger partial charge in [0.1, 0.15) is 30.7 Å². The summed E-state index contributed by atoms with van der Waals surface area (Å²) in [5.41, 5.74) is 2.06. The largest absolute Gasteiger partial charge is 0.497 e. The molecule has 1 N–H and O–H groups in total. The Kier molecular flexibility index (Phi) is 11.0. The summed E-state index contributed by atoms with van der Waals surface area (Å²) < 4.78 is 37.7. The van der Waals surface area contributed by atoms with Crippen molar-refractivity contribution < 1.29 is 27.5 Å². The molecule has 3 rings (SSSR count). The van der Waals surface area contributed by atoms with Gasteiger partial charge in [0.25, 0.3) is 0 Å². The number of carbonyl (C=O) groups excluding carboxylic acids is 2. The number of sulfonamides is 1. The highest BCUT2D eigenvalue weighted by Gasteiger charge is 2.30. The van der Waals surface area contributed by atoms with Gasteiger partial charge in [-0.15, -0.1) is 0 Å². The van der Waals surface area contributed by atoms with E-state index in [9.17, 15) is 18.0 Å². The van der Waals surface area contributed by atoms with Crippen molar-refractivity contribution in [1.29, 1.82) is 0 Å². The molecular formula is C30H37N3O6S. The highest BCUT2D eigenvalue weighted by Crippen LogP contribution is 2.23. The molecule has 0 unspecified atom stereocenters. The van der Waals surface area contributed by atoms with E-state index in [0.29, 0.717) is 30.3 Å². The van der Waals surface area contributed by atoms with Crippen molar-refractivity contribution in [1.82, 2.24) is 10.2 Å². The molecule has 0 saturated heterocycles. The second-order valence-corrected chi connectivity index (χ2v) is 11.3. The summed E-state index contributed by atoms with van der Waals surface area (Å²) in [7, 11) is -2.29. The normalized spacial score (nSPS) is 11.8. The van der Waals surface area contributed by atoms with Gasteiger partial charge < -0.3 is 19.7 Å². The first-order valence-electron chi connectivity index (χ1n) is 13.1. The van der Waals surface area contributed by atoms with Crippen LogP contribution in [0.3, 0.4) is 0 Å². The summed E-state index contributed by atoms with van der Waals surface area (Å²) in [4.78, 5) is 27.9. The van der Waals surface area contributed by atoms with Gasteiger partial charge in [-0.1, -0.05) is 49.4 Å². The van der Waals surface area contributed by atoms with Crippen LogP contribution in [0.15, 0.2) is 78.9 Å². The third-order valence-electron chi connectivity index (χ3n) is 6.26. The Hall–Kier alpha value is -4.05. The number of hydrogen-bond acceptors (Lipinski definition) is 6. The molecule has 214 valence electrons. The van der Waals surface area contributed by atoms with Gasteiger partial charge in [-0.05, 0) is 60.9 Å². The number of methoxy groups -OCH3 is 1. The van der Waals surface area contributed by atoms with Gasteiger partial charge in [-0.25, -0.2) is 8.42 Å². The molecule has 0 bridgehead atoms. The summed E-state index contributed by atoms with van der Waals surface area (Å²) in [5.74, 6) is 0.342. The summed E-state index contributed by atoms with van der Waals surface area (Å²) in [6.07, 6.45) is 1.79. The van der Waals surface area contributed by atoms with Crippen LogP contribution in [0.4, 0.5) is 5.69 Å². The lowest BCUT2D eigenvalue weighted by molar-refractivity contribution is -0.139. The van der Waals surface area contributed by atoms with E-state index in [1.54, 1.807) is 56.5 Å². The number of nitrogens with zero attached hydrogens (tertiary/aromatic N) is 2. The van der Waals surface area contributed by atoms with Crippen LogP contribution < -0.4 is 19.1 Å². The van der Waals surface area contributed by atoms with Crippen LogP contribution in [0.5, 0.6) is 11.5 Å². The quantitative estimate of drug-likeness (QED) is 0.316. The maximum absolute atomic E-state index is 13.7. The predicted octanol–water partition coefficient (Wildman–Crippen LogP) is 3.98. The predicted molar refractivity (Wildman–Crippen MR) is 156 cm³/mol. The van der Waals surface area contributed by atoms with Crippen LogP contribution in [0.1, 0.15) is 31.4 Å². The Bertz CT molecular complexity index is 1360. The van der Waals surface area contributed by atoms with Crippen LogP contribution in [0.2, 0.25) is 0 Å². The van der Waals surface area contributed by atoms with Crippen molar-refractivity contribution in [2.24, 2.45) is 0 Å². The molecule has 3 aromatic carbocycles. The second-order valence-electron chi connectivity index (χ2n) is 9.38. The average Bonchev–Trinajstić information content (AvgIpc) is 2.96. The minimum Gasteiger partial charge on any atom is -0.497 e. The van der Waals surface area contributed by atoms with E-state index in [-0.39, 0.29) is 12.5 Å². The molecule has 2 amide bonds. The summed E-state index contributed by atoms with van der Waals surface area (Å²) >= 11 is 0. The molecule has 0 radical (unpaired) electrons. The summed E-state index contributed by atoms with van der Waals surface area (Å²) in [6.45, 7) is 4.03. The fraction of sp³-hybridized carbons (Fsp3) is 0.333. The lowest BCUT2D eigenvalue weighted by Crippen LogP contribution is -2.51. The number of rotatable bonds is 14. The van der Waals surface area contributed by atoms with Gasteiger partial charge in [-0.3, -0.25) is 13.9 Å². The zero-order valence-corrected chi connectivity index (χ0v) is 24.2. The highest BCUT2D eigenvalue weighted by molar-refractivity contribution is 7.92. The Morgan fingerprint density at radius 3 is 2.23 bits per heavy atom. The smallest absolute Gasteiger partial charge is 0.244 e. The number of anilines is 1.